The van der Waals surface area contributed by atoms with Crippen LogP contribution >= 0.6 is 23.5 Å². The fourth-order valence-corrected chi connectivity index (χ4v) is 9.81. The van der Waals surface area contributed by atoms with E-state index in [0.29, 0.717) is 16.3 Å². The highest BCUT2D eigenvalue weighted by atomic mass is 32.2. The Kier molecular flexibility index (Phi) is 12.4. The number of hydrogen-bond donors (Lipinski definition) is 7. The van der Waals surface area contributed by atoms with Crippen LogP contribution in [0.4, 0.5) is 0 Å². The van der Waals surface area contributed by atoms with Gasteiger partial charge in [-0.25, -0.2) is 17.9 Å². The number of aryl methyl sites for hydroxylation is 1. The molecule has 2 aromatic heterocycles. The largest absolute Gasteiger partial charge is 0.508 e. The predicted octanol–water partition coefficient (Wildman–Crippen LogP) is -0.752. The first-order valence-corrected chi connectivity index (χ1v) is 20.4. The van der Waals surface area contributed by atoms with Gasteiger partial charge in [0.05, 0.1) is 18.1 Å². The van der Waals surface area contributed by atoms with Crippen molar-refractivity contribution in [1.82, 2.24) is 45.0 Å². The third-order valence-electron chi connectivity index (χ3n) is 8.92. The van der Waals surface area contributed by atoms with Gasteiger partial charge < -0.3 is 36.0 Å². The van der Waals surface area contributed by atoms with Crippen molar-refractivity contribution < 1.29 is 48.0 Å². The Hall–Kier alpha value is -5.59. The van der Waals surface area contributed by atoms with Crippen molar-refractivity contribution in [3.8, 4) is 17.0 Å². The monoisotopic (exact) mass is 841 g/mol. The van der Waals surface area contributed by atoms with E-state index in [2.05, 4.69) is 31.1 Å². The molecule has 1 saturated heterocycles. The topological polar surface area (TPSA) is 290 Å². The Morgan fingerprint density at radius 3 is 2.32 bits per heavy atom. The number of benzene rings is 2. The number of tetrazole rings is 1. The number of amides is 3. The lowest BCUT2D eigenvalue weighted by Gasteiger charge is -2.49. The number of carbonyl (C=O) groups is 4. The maximum atomic E-state index is 13.8. The number of aliphatic hydroxyl groups excluding tert-OH is 2. The molecule has 23 heteroatoms. The second kappa shape index (κ2) is 17.3. The van der Waals surface area contributed by atoms with Crippen molar-refractivity contribution >= 4 is 57.2 Å². The number of phenolic OH excluding ortho intramolecular Hbond substituents is 1. The van der Waals surface area contributed by atoms with Crippen LogP contribution in [-0.4, -0.2) is 136 Å². The third-order valence-corrected chi connectivity index (χ3v) is 13.3. The first-order valence-electron chi connectivity index (χ1n) is 17.0. The molecule has 0 aliphatic carbocycles. The van der Waals surface area contributed by atoms with Crippen LogP contribution in [0.1, 0.15) is 22.0 Å². The highest BCUT2D eigenvalue weighted by Gasteiger charge is 2.54. The lowest BCUT2D eigenvalue weighted by Crippen LogP contribution is -2.71. The van der Waals surface area contributed by atoms with Gasteiger partial charge in [0.1, 0.15) is 34.5 Å². The molecule has 2 aromatic carbocycles. The smallest absolute Gasteiger partial charge is 0.352 e. The summed E-state index contributed by atoms with van der Waals surface area (Å²) in [6.07, 6.45) is 0. The number of fused-ring (bicyclic) bond motifs is 1. The van der Waals surface area contributed by atoms with Crippen molar-refractivity contribution in [3.05, 3.63) is 93.4 Å². The number of pyridine rings is 1. The van der Waals surface area contributed by atoms with Crippen LogP contribution in [-0.2, 0) is 31.5 Å². The molecule has 0 spiro atoms. The molecule has 4 heterocycles. The molecule has 0 bridgehead atoms. The van der Waals surface area contributed by atoms with Crippen molar-refractivity contribution in [2.45, 2.75) is 27.5 Å². The molecule has 300 valence electrons. The Balaban J connectivity index is 1.17. The molecule has 0 radical (unpaired) electrons. The molecule has 7 N–H and O–H groups in total. The highest BCUT2D eigenvalue weighted by molar-refractivity contribution is 8.01. The number of aliphatic carboxylic acids is 1. The van der Waals surface area contributed by atoms with Gasteiger partial charge in [-0.1, -0.05) is 36.0 Å². The van der Waals surface area contributed by atoms with Gasteiger partial charge in [-0.3, -0.25) is 24.1 Å². The van der Waals surface area contributed by atoms with Crippen molar-refractivity contribution in [1.29, 1.82) is 0 Å². The maximum Gasteiger partial charge on any atom is 0.352 e. The molecule has 4 aromatic rings. The number of aromatic amines is 1. The van der Waals surface area contributed by atoms with Gasteiger partial charge in [-0.2, -0.15) is 4.31 Å². The average molecular weight is 842 g/mol. The van der Waals surface area contributed by atoms with E-state index < -0.39 is 69.9 Å². The number of phenols is 1. The minimum Gasteiger partial charge on any atom is -0.508 e. The molecular weight excluding hydrogens is 807 g/mol. The van der Waals surface area contributed by atoms with Crippen LogP contribution in [0, 0.1) is 0 Å². The van der Waals surface area contributed by atoms with E-state index >= 15 is 0 Å². The number of aromatic nitrogens is 5. The zero-order chi connectivity index (χ0) is 41.0. The Labute approximate surface area is 332 Å². The van der Waals surface area contributed by atoms with Crippen molar-refractivity contribution in [2.75, 3.05) is 37.8 Å². The van der Waals surface area contributed by atoms with Gasteiger partial charge >= 0.3 is 5.97 Å². The quantitative estimate of drug-likeness (QED) is 0.0540. The number of H-pyrrole nitrogens is 1. The minimum atomic E-state index is -4.04. The number of thioether (sulfide) groups is 2. The lowest BCUT2D eigenvalue weighted by atomic mass is 10.0. The van der Waals surface area contributed by atoms with Gasteiger partial charge in [-0.15, -0.1) is 16.9 Å². The minimum absolute atomic E-state index is 0.112. The summed E-state index contributed by atoms with van der Waals surface area (Å²) in [5, 5.41) is 54.4. The van der Waals surface area contributed by atoms with Gasteiger partial charge in [-0.05, 0) is 63.5 Å². The van der Waals surface area contributed by atoms with E-state index in [9.17, 15) is 52.8 Å². The van der Waals surface area contributed by atoms with Crippen molar-refractivity contribution in [3.63, 3.8) is 0 Å². The van der Waals surface area contributed by atoms with E-state index in [-0.39, 0.29) is 57.8 Å². The summed E-state index contributed by atoms with van der Waals surface area (Å²) in [4.78, 5) is 69.9. The average Bonchev–Trinajstić information content (AvgIpc) is 3.61. The van der Waals surface area contributed by atoms with E-state index in [1.165, 1.54) is 88.9 Å². The van der Waals surface area contributed by atoms with E-state index in [1.54, 1.807) is 7.05 Å². The third kappa shape index (κ3) is 8.57. The van der Waals surface area contributed by atoms with Crippen LogP contribution in [0.2, 0.25) is 0 Å². The fourth-order valence-electron chi connectivity index (χ4n) is 6.05. The number of nitrogens with zero attached hydrogens (tertiary/aromatic N) is 6. The summed E-state index contributed by atoms with van der Waals surface area (Å²) in [5.41, 5.74) is -0.144. The molecule has 2 unspecified atom stereocenters. The summed E-state index contributed by atoms with van der Waals surface area (Å²) in [6.45, 7) is -1.33. The summed E-state index contributed by atoms with van der Waals surface area (Å²) < 4.78 is 28.3. The van der Waals surface area contributed by atoms with Crippen LogP contribution < -0.4 is 16.2 Å². The molecule has 1 fully saturated rings. The van der Waals surface area contributed by atoms with Crippen LogP contribution in [0.5, 0.6) is 5.75 Å². The first kappa shape index (κ1) is 41.1. The van der Waals surface area contributed by atoms with E-state index in [4.69, 9.17) is 0 Å². The number of aromatic hydroxyl groups is 1. The summed E-state index contributed by atoms with van der Waals surface area (Å²) >= 11 is 2.45. The van der Waals surface area contributed by atoms with Crippen LogP contribution in [0.25, 0.3) is 11.3 Å². The van der Waals surface area contributed by atoms with E-state index in [0.717, 1.165) is 9.21 Å². The second-order valence-electron chi connectivity index (χ2n) is 12.5. The molecule has 0 saturated carbocycles. The number of nitrogens with one attached hydrogen (secondary N) is 3. The van der Waals surface area contributed by atoms with Gasteiger partial charge in [0, 0.05) is 37.3 Å². The molecule has 2 aliphatic heterocycles. The number of rotatable bonds is 16. The van der Waals surface area contributed by atoms with E-state index in [1.807, 2.05) is 0 Å². The molecule has 6 rings (SSSR count). The standard InChI is InChI=1S/C34H35N9O11S3/c1-41-34(38-39-40-41)56-17-20-16-55-32-26(31(50)43(32)27(20)33(51)52)37-30(49)25(19-2-6-21(46)7-3-19)36-29(48)23-10-11-24(35-28(23)47)18-4-8-22(9-5-18)57(53,54)42(12-14-44)13-15-45/h2-11,25-26,32,44-46H,12-17H2,1H3,(H,35,47)(H,36,48)(H,37,49)(H,51,52)/t25?,26?,32-/m0/s1. The molecular formula is C34H35N9O11S3. The number of aliphatic hydroxyl groups is 2. The number of carbonyl (C=O) groups excluding carboxylic acids is 3. The summed E-state index contributed by atoms with van der Waals surface area (Å²) in [6, 6.07) is 10.8. The number of β-lactam (4-membered cyclic amide) rings is 1. The molecule has 3 amide bonds. The predicted molar refractivity (Wildman–Crippen MR) is 203 cm³/mol. The lowest BCUT2D eigenvalue weighted by molar-refractivity contribution is -0.151. The Bertz CT molecular complexity index is 2380. The first-order chi connectivity index (χ1) is 27.2. The SMILES string of the molecule is Cn1nnnc1SCC1=C(C(=O)O)N2C(=O)C(NC(=O)C(NC(=O)c3ccc(-c4ccc(S(=O)(=O)N(CCO)CCO)cc4)[nH]c3=O)c3ccc(O)cc3)[C@@H]2SC1. The highest BCUT2D eigenvalue weighted by Crippen LogP contribution is 2.41. The Morgan fingerprint density at radius 1 is 1.04 bits per heavy atom. The normalized spacial score (nSPS) is 17.2. The summed E-state index contributed by atoms with van der Waals surface area (Å²) in [7, 11) is -2.41. The van der Waals surface area contributed by atoms with Crippen LogP contribution in [0.15, 0.2) is 86.8 Å². The maximum absolute atomic E-state index is 13.8. The molecule has 20 nitrogen and oxygen atoms in total. The molecule has 2 aliphatic rings. The second-order valence-corrected chi connectivity index (χ2v) is 16.5. The number of hydrogen-bond acceptors (Lipinski definition) is 15. The Morgan fingerprint density at radius 2 is 1.72 bits per heavy atom. The fraction of sp³-hybridized carbons (Fsp3) is 0.294. The van der Waals surface area contributed by atoms with Crippen molar-refractivity contribution in [2.24, 2.45) is 7.05 Å². The summed E-state index contributed by atoms with van der Waals surface area (Å²) in [5.74, 6) is -3.51. The van der Waals surface area contributed by atoms with Gasteiger partial charge in [0.2, 0.25) is 21.1 Å². The van der Waals surface area contributed by atoms with Gasteiger partial charge in [0.15, 0.2) is 0 Å². The number of carboxylic acid groups (broad SMARTS) is 1. The van der Waals surface area contributed by atoms with Gasteiger partial charge in [0.25, 0.3) is 17.4 Å². The zero-order valence-corrected chi connectivity index (χ0v) is 32.3. The molecule has 3 atom stereocenters. The number of sulfonamides is 1. The zero-order valence-electron chi connectivity index (χ0n) is 29.8. The molecule has 57 heavy (non-hydrogen) atoms. The van der Waals surface area contributed by atoms with Crippen LogP contribution in [0.3, 0.4) is 0 Å². The number of carboxylic acids is 1.